The van der Waals surface area contributed by atoms with E-state index >= 15 is 0 Å². The fourth-order valence-electron chi connectivity index (χ4n) is 1.77. The van der Waals surface area contributed by atoms with Gasteiger partial charge in [-0.25, -0.2) is 0 Å². The van der Waals surface area contributed by atoms with Crippen molar-refractivity contribution in [1.29, 1.82) is 0 Å². The van der Waals surface area contributed by atoms with Crippen molar-refractivity contribution in [2.45, 2.75) is 18.6 Å². The van der Waals surface area contributed by atoms with Crippen LogP contribution in [0.15, 0.2) is 0 Å². The summed E-state index contributed by atoms with van der Waals surface area (Å²) >= 11 is 0.00694. The van der Waals surface area contributed by atoms with Gasteiger partial charge in [0.2, 0.25) is 0 Å². The first kappa shape index (κ1) is 23.7. The van der Waals surface area contributed by atoms with E-state index < -0.39 is 18.6 Å². The summed E-state index contributed by atoms with van der Waals surface area (Å²) in [7, 11) is 9.59. The summed E-state index contributed by atoms with van der Waals surface area (Å²) in [5.74, 6) is 0. The molecule has 1 heterocycles. The molecule has 1 rings (SSSR count). The molecule has 1 aliphatic rings. The minimum absolute atomic E-state index is 0.00694. The van der Waals surface area contributed by atoms with E-state index in [0.29, 0.717) is 52.4 Å². The van der Waals surface area contributed by atoms with Gasteiger partial charge in [-0.05, 0) is 0 Å². The molecule has 141 valence electrons. The minimum atomic E-state index is -4.20. The molecule has 5 nitrogen and oxygen atoms in total. The Morgan fingerprint density at radius 2 is 1.17 bits per heavy atom. The number of hydrogen-bond acceptors (Lipinski definition) is 0. The summed E-state index contributed by atoms with van der Waals surface area (Å²) in [6.07, 6.45) is -5.12. The van der Waals surface area contributed by atoms with E-state index in [1.165, 1.54) is 0 Å². The Morgan fingerprint density at radius 3 is 1.61 bits per heavy atom. The van der Waals surface area contributed by atoms with Gasteiger partial charge in [0.1, 0.15) is 0 Å². The summed E-state index contributed by atoms with van der Waals surface area (Å²) in [5.41, 5.74) is 0. The van der Waals surface area contributed by atoms with Crippen molar-refractivity contribution in [3.05, 3.63) is 26.6 Å². The van der Waals surface area contributed by atoms with Crippen molar-refractivity contribution in [2.75, 3.05) is 58.9 Å². The van der Waals surface area contributed by atoms with Crippen LogP contribution < -0.4 is 0 Å². The summed E-state index contributed by atoms with van der Waals surface area (Å²) in [4.78, 5) is 0. The monoisotopic (exact) mass is 417 g/mol. The van der Waals surface area contributed by atoms with Gasteiger partial charge in [-0.2, -0.15) is 72.1 Å². The second-order valence-corrected chi connectivity index (χ2v) is 6.53. The normalized spacial score (nSPS) is 23.1. The van der Waals surface area contributed by atoms with Crippen LogP contribution in [0.4, 0.5) is 13.2 Å². The molecule has 0 radical (unpaired) electrons. The van der Waals surface area contributed by atoms with E-state index in [4.69, 9.17) is 20.2 Å². The predicted molar refractivity (Wildman–Crippen MR) is 86.8 cm³/mol. The number of nitrogens with zero attached hydrogens (tertiary/aromatic N) is 5. The van der Waals surface area contributed by atoms with Crippen LogP contribution in [0, 0.1) is 0 Å². The van der Waals surface area contributed by atoms with Gasteiger partial charge in [-0.15, -0.1) is 6.04 Å². The van der Waals surface area contributed by atoms with Gasteiger partial charge >= 0.3 is 39.5 Å². The molecule has 0 aliphatic carbocycles. The van der Waals surface area contributed by atoms with E-state index in [-0.39, 0.29) is 19.7 Å². The van der Waals surface area contributed by atoms with Crippen molar-refractivity contribution in [1.82, 2.24) is 0 Å². The van der Waals surface area contributed by atoms with Crippen LogP contribution in [0.1, 0.15) is 6.42 Å². The second kappa shape index (κ2) is 16.2. The van der Waals surface area contributed by atoms with E-state index in [1.807, 2.05) is 0 Å². The predicted octanol–water partition coefficient (Wildman–Crippen LogP) is 4.57. The fraction of sp³-hybridized carbons (Fsp3) is 1.00. The van der Waals surface area contributed by atoms with E-state index in [1.54, 1.807) is 0 Å². The fourth-order valence-corrected chi connectivity index (χ4v) is 1.77. The van der Waals surface area contributed by atoms with E-state index in [2.05, 4.69) is 26.6 Å². The van der Waals surface area contributed by atoms with Gasteiger partial charge in [0, 0.05) is 6.42 Å². The Kier molecular flexibility index (Phi) is 16.7. The van der Waals surface area contributed by atoms with Crippen LogP contribution in [-0.4, -0.2) is 71.1 Å². The number of alkyl halides is 3. The van der Waals surface area contributed by atoms with Crippen LogP contribution in [0.5, 0.6) is 0 Å². The first-order valence-electron chi connectivity index (χ1n) is 7.13. The summed E-state index contributed by atoms with van der Waals surface area (Å²) in [6, 6.07) is -0.792. The number of rotatable bonds is 1. The molecule has 11 heteroatoms. The Labute approximate surface area is 150 Å². The zero-order valence-electron chi connectivity index (χ0n) is 12.7. The molecule has 0 N–H and O–H groups in total. The average molecular weight is 418 g/mol. The van der Waals surface area contributed by atoms with Crippen molar-refractivity contribution >= 4 is 20.2 Å². The Morgan fingerprint density at radius 1 is 0.783 bits per heavy atom. The number of halogens is 5. The Hall–Kier alpha value is 0.689. The first-order chi connectivity index (χ1) is 11.0. The molecular formula is C12H21Cl2F3MnN5-5. The van der Waals surface area contributed by atoms with E-state index in [9.17, 15) is 13.2 Å². The van der Waals surface area contributed by atoms with Gasteiger partial charge in [0.25, 0.3) is 0 Å². The molecule has 1 saturated heterocycles. The quantitative estimate of drug-likeness (QED) is 0.560. The third-order valence-corrected chi connectivity index (χ3v) is 2.70. The molecule has 0 aromatic carbocycles. The van der Waals surface area contributed by atoms with Crippen molar-refractivity contribution in [2.24, 2.45) is 0 Å². The second-order valence-electron chi connectivity index (χ2n) is 4.58. The molecule has 1 aliphatic heterocycles. The summed E-state index contributed by atoms with van der Waals surface area (Å²) in [6.45, 7) is 4.44. The molecule has 1 fully saturated rings. The molecule has 0 amide bonds. The van der Waals surface area contributed by atoms with Crippen LogP contribution in [0.3, 0.4) is 0 Å². The molecular weight excluding hydrogens is 397 g/mol. The van der Waals surface area contributed by atoms with Gasteiger partial charge < -0.3 is 26.6 Å². The van der Waals surface area contributed by atoms with Gasteiger partial charge in [-0.1, -0.05) is 0 Å². The Balaban J connectivity index is 0.00000149. The summed E-state index contributed by atoms with van der Waals surface area (Å²) < 4.78 is 37.3. The Bertz CT molecular complexity index is 249. The van der Waals surface area contributed by atoms with Crippen LogP contribution in [0.25, 0.3) is 26.6 Å². The zero-order valence-corrected chi connectivity index (χ0v) is 15.3. The molecule has 23 heavy (non-hydrogen) atoms. The van der Waals surface area contributed by atoms with Crippen LogP contribution >= 0.6 is 20.2 Å². The van der Waals surface area contributed by atoms with Crippen molar-refractivity contribution in [3.63, 3.8) is 0 Å². The van der Waals surface area contributed by atoms with Crippen LogP contribution in [0.2, 0.25) is 0 Å². The summed E-state index contributed by atoms with van der Waals surface area (Å²) in [5, 5.41) is 20.8. The van der Waals surface area contributed by atoms with Gasteiger partial charge in [0.15, 0.2) is 0 Å². The standard InChI is InChI=1S/C12H21F3N5.2ClH.Mn/c13-12(14,15)9-11-10-19-6-5-17-2-1-16-3-4-18-7-8-20-11;;;/h11H,1-10H2;2*1H;/q-5;;;+2/p-2. The SMILES string of the molecule is FC(F)(F)CC1C[N-]CC[N-]CC[N-]CC[N-]CC[N-]1.[Cl][Mn][Cl]. The topological polar surface area (TPSA) is 70.5 Å². The molecule has 0 spiro atoms. The molecule has 1 atom stereocenters. The first-order valence-corrected chi connectivity index (χ1v) is 10.4. The molecule has 0 saturated carbocycles. The van der Waals surface area contributed by atoms with Crippen LogP contribution in [-0.2, 0) is 13.1 Å². The third kappa shape index (κ3) is 18.9. The number of hydrogen-bond donors (Lipinski definition) is 0. The van der Waals surface area contributed by atoms with Gasteiger partial charge in [-0.3, -0.25) is 0 Å². The maximum atomic E-state index is 12.4. The average Bonchev–Trinajstić information content (AvgIpc) is 2.46. The van der Waals surface area contributed by atoms with E-state index in [0.717, 1.165) is 0 Å². The zero-order chi connectivity index (χ0) is 17.4. The molecule has 0 aromatic rings. The molecule has 0 bridgehead atoms. The van der Waals surface area contributed by atoms with Crippen molar-refractivity contribution < 1.29 is 26.3 Å². The third-order valence-electron chi connectivity index (χ3n) is 2.70. The van der Waals surface area contributed by atoms with Crippen molar-refractivity contribution in [3.8, 4) is 0 Å². The molecule has 0 aromatic heterocycles. The maximum absolute atomic E-state index is 12.4. The molecule has 1 unspecified atom stereocenters. The van der Waals surface area contributed by atoms with Gasteiger partial charge in [0.05, 0.1) is 0 Å².